The van der Waals surface area contributed by atoms with Gasteiger partial charge in [0.05, 0.1) is 0 Å². The highest BCUT2D eigenvalue weighted by Gasteiger charge is 2.29. The number of nitrogens with one attached hydrogen (secondary N) is 1. The van der Waals surface area contributed by atoms with E-state index < -0.39 is 0 Å². The predicted octanol–water partition coefficient (Wildman–Crippen LogP) is 4.52. The summed E-state index contributed by atoms with van der Waals surface area (Å²) in [5, 5.41) is 3.70. The Morgan fingerprint density at radius 3 is 2.68 bits per heavy atom. The highest BCUT2D eigenvalue weighted by molar-refractivity contribution is 5.32. The van der Waals surface area contributed by atoms with Crippen LogP contribution in [0.2, 0.25) is 0 Å². The van der Waals surface area contributed by atoms with Crippen molar-refractivity contribution in [2.24, 2.45) is 5.41 Å². The molecule has 0 saturated heterocycles. The van der Waals surface area contributed by atoms with E-state index in [0.29, 0.717) is 11.5 Å². The molecule has 0 spiro atoms. The van der Waals surface area contributed by atoms with Crippen molar-refractivity contribution < 1.29 is 0 Å². The molecule has 0 radical (unpaired) electrons. The van der Waals surface area contributed by atoms with Crippen molar-refractivity contribution in [3.05, 3.63) is 35.4 Å². The third-order valence-corrected chi connectivity index (χ3v) is 4.51. The summed E-state index contributed by atoms with van der Waals surface area (Å²) in [7, 11) is 0. The molecule has 2 rings (SSSR count). The normalized spacial score (nSPS) is 20.9. The summed E-state index contributed by atoms with van der Waals surface area (Å²) in [4.78, 5) is 0. The molecule has 2 atom stereocenters. The molecular formula is C18H29N. The molecule has 1 nitrogen and oxygen atoms in total. The molecule has 0 heterocycles. The van der Waals surface area contributed by atoms with E-state index in [9.17, 15) is 0 Å². The van der Waals surface area contributed by atoms with Gasteiger partial charge in [-0.1, -0.05) is 52.0 Å². The van der Waals surface area contributed by atoms with E-state index in [1.165, 1.54) is 25.7 Å². The summed E-state index contributed by atoms with van der Waals surface area (Å²) >= 11 is 0. The molecule has 0 bridgehead atoms. The van der Waals surface area contributed by atoms with Gasteiger partial charge >= 0.3 is 0 Å². The molecule has 19 heavy (non-hydrogen) atoms. The lowest BCUT2D eigenvalue weighted by Crippen LogP contribution is -2.41. The second kappa shape index (κ2) is 6.09. The van der Waals surface area contributed by atoms with Gasteiger partial charge in [0.1, 0.15) is 0 Å². The maximum absolute atomic E-state index is 3.70. The minimum atomic E-state index is 0.336. The first-order valence-corrected chi connectivity index (χ1v) is 7.83. The van der Waals surface area contributed by atoms with Crippen LogP contribution in [-0.4, -0.2) is 12.6 Å². The molecule has 0 fully saturated rings. The summed E-state index contributed by atoms with van der Waals surface area (Å²) in [5.41, 5.74) is 3.53. The maximum atomic E-state index is 3.70. The van der Waals surface area contributed by atoms with Gasteiger partial charge in [0, 0.05) is 6.04 Å². The lowest BCUT2D eigenvalue weighted by atomic mass is 9.74. The van der Waals surface area contributed by atoms with Crippen molar-refractivity contribution >= 4 is 0 Å². The van der Waals surface area contributed by atoms with Crippen molar-refractivity contribution in [2.45, 2.75) is 65.3 Å². The fourth-order valence-electron chi connectivity index (χ4n) is 3.37. The number of benzene rings is 1. The number of hydrogen-bond donors (Lipinski definition) is 1. The van der Waals surface area contributed by atoms with Crippen LogP contribution in [-0.2, 0) is 6.42 Å². The first-order valence-electron chi connectivity index (χ1n) is 7.83. The van der Waals surface area contributed by atoms with Gasteiger partial charge in [-0.15, -0.1) is 0 Å². The van der Waals surface area contributed by atoms with Gasteiger partial charge in [0.2, 0.25) is 0 Å². The van der Waals surface area contributed by atoms with Crippen molar-refractivity contribution in [3.63, 3.8) is 0 Å². The Morgan fingerprint density at radius 1 is 1.26 bits per heavy atom. The first kappa shape index (κ1) is 14.6. The fraction of sp³-hybridized carbons (Fsp3) is 0.667. The smallest absolute Gasteiger partial charge is 0.0121 e. The highest BCUT2D eigenvalue weighted by Crippen LogP contribution is 2.37. The van der Waals surface area contributed by atoms with Crippen molar-refractivity contribution in [3.8, 4) is 0 Å². The predicted molar refractivity (Wildman–Crippen MR) is 83.7 cm³/mol. The van der Waals surface area contributed by atoms with E-state index in [2.05, 4.69) is 57.3 Å². The van der Waals surface area contributed by atoms with Crippen LogP contribution in [0.25, 0.3) is 0 Å². The average Bonchev–Trinajstić information content (AvgIpc) is 2.37. The standard InChI is InChI=1S/C18H29N/c1-5-19-17(18(2,3)4)13-15-11-8-10-14-9-6-7-12-16(14)15/h6-7,9,12,15,17,19H,5,8,10-11,13H2,1-4H3. The summed E-state index contributed by atoms with van der Waals surface area (Å²) in [6.07, 6.45) is 5.25. The van der Waals surface area contributed by atoms with Crippen LogP contribution in [0.5, 0.6) is 0 Å². The van der Waals surface area contributed by atoms with Gasteiger partial charge in [0.25, 0.3) is 0 Å². The number of aryl methyl sites for hydroxylation is 1. The van der Waals surface area contributed by atoms with E-state index in [1.807, 2.05) is 0 Å². The number of fused-ring (bicyclic) bond motifs is 1. The molecule has 1 aromatic rings. The summed E-state index contributed by atoms with van der Waals surface area (Å²) in [5.74, 6) is 0.744. The molecule has 0 amide bonds. The van der Waals surface area contributed by atoms with Gasteiger partial charge in [-0.2, -0.15) is 0 Å². The minimum Gasteiger partial charge on any atom is -0.314 e. The molecule has 1 N–H and O–H groups in total. The summed E-state index contributed by atoms with van der Waals surface area (Å²) in [6, 6.07) is 9.67. The van der Waals surface area contributed by atoms with Crippen LogP contribution in [0.15, 0.2) is 24.3 Å². The lowest BCUT2D eigenvalue weighted by molar-refractivity contribution is 0.240. The molecule has 0 saturated carbocycles. The second-order valence-electron chi connectivity index (χ2n) is 7.00. The van der Waals surface area contributed by atoms with Crippen molar-refractivity contribution in [1.29, 1.82) is 0 Å². The Hall–Kier alpha value is -0.820. The number of rotatable bonds is 4. The second-order valence-corrected chi connectivity index (χ2v) is 7.00. The molecule has 2 unspecified atom stereocenters. The molecule has 0 aliphatic heterocycles. The zero-order valence-electron chi connectivity index (χ0n) is 13.0. The molecular weight excluding hydrogens is 230 g/mol. The van der Waals surface area contributed by atoms with Crippen LogP contribution in [0, 0.1) is 5.41 Å². The monoisotopic (exact) mass is 259 g/mol. The van der Waals surface area contributed by atoms with Gasteiger partial charge in [0.15, 0.2) is 0 Å². The quantitative estimate of drug-likeness (QED) is 0.838. The molecule has 0 aromatic heterocycles. The van der Waals surface area contributed by atoms with Gasteiger partial charge in [-0.05, 0) is 54.7 Å². The minimum absolute atomic E-state index is 0.336. The van der Waals surface area contributed by atoms with E-state index in [-0.39, 0.29) is 0 Å². The topological polar surface area (TPSA) is 12.0 Å². The zero-order valence-corrected chi connectivity index (χ0v) is 13.0. The van der Waals surface area contributed by atoms with E-state index in [1.54, 1.807) is 11.1 Å². The van der Waals surface area contributed by atoms with Crippen LogP contribution < -0.4 is 5.32 Å². The van der Waals surface area contributed by atoms with E-state index >= 15 is 0 Å². The molecule has 106 valence electrons. The zero-order chi connectivity index (χ0) is 13.9. The Bertz CT molecular complexity index is 402. The highest BCUT2D eigenvalue weighted by atomic mass is 14.9. The van der Waals surface area contributed by atoms with Crippen molar-refractivity contribution in [1.82, 2.24) is 5.32 Å². The lowest BCUT2D eigenvalue weighted by Gasteiger charge is -2.36. The molecule has 1 aromatic carbocycles. The number of hydrogen-bond acceptors (Lipinski definition) is 1. The van der Waals surface area contributed by atoms with Crippen LogP contribution in [0.3, 0.4) is 0 Å². The Morgan fingerprint density at radius 2 is 2.00 bits per heavy atom. The van der Waals surface area contributed by atoms with Gasteiger partial charge < -0.3 is 5.32 Å². The Labute approximate surface area is 118 Å². The Balaban J connectivity index is 2.15. The fourth-order valence-corrected chi connectivity index (χ4v) is 3.37. The third-order valence-electron chi connectivity index (χ3n) is 4.51. The maximum Gasteiger partial charge on any atom is 0.0121 e. The largest absolute Gasteiger partial charge is 0.314 e. The van der Waals surface area contributed by atoms with Gasteiger partial charge in [-0.3, -0.25) is 0 Å². The van der Waals surface area contributed by atoms with Gasteiger partial charge in [-0.25, -0.2) is 0 Å². The Kier molecular flexibility index (Phi) is 4.67. The van der Waals surface area contributed by atoms with Crippen LogP contribution >= 0.6 is 0 Å². The summed E-state index contributed by atoms with van der Waals surface area (Å²) in [6.45, 7) is 10.4. The summed E-state index contributed by atoms with van der Waals surface area (Å²) < 4.78 is 0. The van der Waals surface area contributed by atoms with Crippen LogP contribution in [0.1, 0.15) is 64.0 Å². The SMILES string of the molecule is CCNC(CC1CCCc2ccccc21)C(C)(C)C. The molecule has 1 aliphatic rings. The molecule has 1 heteroatoms. The van der Waals surface area contributed by atoms with E-state index in [4.69, 9.17) is 0 Å². The van der Waals surface area contributed by atoms with E-state index in [0.717, 1.165) is 12.5 Å². The average molecular weight is 259 g/mol. The first-order chi connectivity index (χ1) is 9.02. The molecule has 1 aliphatic carbocycles. The third kappa shape index (κ3) is 3.60. The van der Waals surface area contributed by atoms with Crippen LogP contribution in [0.4, 0.5) is 0 Å². The van der Waals surface area contributed by atoms with Crippen molar-refractivity contribution in [2.75, 3.05) is 6.54 Å².